The minimum atomic E-state index is -0.132. The fraction of sp³-hybridized carbons (Fsp3) is 0.0526. The number of furan rings is 2. The number of benzene rings is 1. The number of thiocarbonyl (C=S) groups is 1. The normalized spacial score (nSPS) is 16.0. The summed E-state index contributed by atoms with van der Waals surface area (Å²) < 4.78 is 11.6. The first-order chi connectivity index (χ1) is 12.7. The van der Waals surface area contributed by atoms with Crippen molar-refractivity contribution in [2.45, 2.75) is 10.8 Å². The van der Waals surface area contributed by atoms with Gasteiger partial charge in [0.05, 0.1) is 22.6 Å². The van der Waals surface area contributed by atoms with E-state index in [-0.39, 0.29) is 5.91 Å². The van der Waals surface area contributed by atoms with Gasteiger partial charge < -0.3 is 8.83 Å². The lowest BCUT2D eigenvalue weighted by Gasteiger charge is -2.13. The number of rotatable bonds is 5. The molecule has 7 heteroatoms. The predicted molar refractivity (Wildman–Crippen MR) is 109 cm³/mol. The Morgan fingerprint density at radius 1 is 1.12 bits per heavy atom. The third-order valence-corrected chi connectivity index (χ3v) is 5.86. The number of para-hydroxylation sites is 1. The van der Waals surface area contributed by atoms with Gasteiger partial charge in [-0.1, -0.05) is 53.9 Å². The number of thioether (sulfide) groups is 2. The van der Waals surface area contributed by atoms with E-state index in [4.69, 9.17) is 21.1 Å². The molecule has 2 aromatic heterocycles. The number of nitrogens with zero attached hydrogens (tertiary/aromatic N) is 1. The van der Waals surface area contributed by atoms with E-state index in [2.05, 4.69) is 0 Å². The van der Waals surface area contributed by atoms with Crippen molar-refractivity contribution in [3.63, 3.8) is 0 Å². The molecule has 1 saturated heterocycles. The van der Waals surface area contributed by atoms with E-state index >= 15 is 0 Å². The third kappa shape index (κ3) is 3.65. The first kappa shape index (κ1) is 17.2. The summed E-state index contributed by atoms with van der Waals surface area (Å²) in [4.78, 5) is 14.8. The molecule has 1 aromatic carbocycles. The molecule has 1 fully saturated rings. The summed E-state index contributed by atoms with van der Waals surface area (Å²) in [5.74, 6) is 2.07. The zero-order chi connectivity index (χ0) is 17.9. The van der Waals surface area contributed by atoms with Gasteiger partial charge in [0.15, 0.2) is 9.41 Å². The molecule has 0 N–H and O–H groups in total. The fourth-order valence-corrected chi connectivity index (χ4v) is 4.47. The van der Waals surface area contributed by atoms with Crippen molar-refractivity contribution in [2.24, 2.45) is 0 Å². The van der Waals surface area contributed by atoms with Crippen LogP contribution in [0.15, 0.2) is 79.7 Å². The predicted octanol–water partition coefficient (Wildman–Crippen LogP) is 5.57. The average molecular weight is 400 g/mol. The molecular formula is C19H13NO3S3. The van der Waals surface area contributed by atoms with E-state index in [1.165, 1.54) is 23.5 Å². The molecule has 0 aliphatic carbocycles. The van der Waals surface area contributed by atoms with E-state index in [0.717, 1.165) is 16.5 Å². The molecule has 0 unspecified atom stereocenters. The first-order valence-electron chi connectivity index (χ1n) is 7.79. The molecule has 4 nitrogen and oxygen atoms in total. The van der Waals surface area contributed by atoms with E-state index < -0.39 is 0 Å². The van der Waals surface area contributed by atoms with Gasteiger partial charge in [0.2, 0.25) is 0 Å². The number of anilines is 1. The van der Waals surface area contributed by atoms with Crippen molar-refractivity contribution in [1.82, 2.24) is 0 Å². The van der Waals surface area contributed by atoms with Gasteiger partial charge in [-0.15, -0.1) is 0 Å². The summed E-state index contributed by atoms with van der Waals surface area (Å²) >= 11 is 8.18. The topological polar surface area (TPSA) is 46.6 Å². The van der Waals surface area contributed by atoms with Crippen LogP contribution < -0.4 is 4.90 Å². The highest BCUT2D eigenvalue weighted by molar-refractivity contribution is 8.27. The van der Waals surface area contributed by atoms with Crippen molar-refractivity contribution < 1.29 is 13.6 Å². The van der Waals surface area contributed by atoms with Crippen LogP contribution in [0.3, 0.4) is 0 Å². The SMILES string of the molecule is O=C1/C(=C/c2ccc(SCc3ccco3)o2)SC(=S)N1c1ccccc1. The zero-order valence-corrected chi connectivity index (χ0v) is 15.9. The molecular weight excluding hydrogens is 386 g/mol. The van der Waals surface area contributed by atoms with Crippen LogP contribution in [0.2, 0.25) is 0 Å². The van der Waals surface area contributed by atoms with Gasteiger partial charge in [-0.2, -0.15) is 0 Å². The number of carbonyl (C=O) groups is 1. The number of hydrogen-bond acceptors (Lipinski definition) is 6. The van der Waals surface area contributed by atoms with E-state index in [1.807, 2.05) is 54.6 Å². The molecule has 4 rings (SSSR count). The van der Waals surface area contributed by atoms with Crippen LogP contribution in [0.4, 0.5) is 5.69 Å². The quantitative estimate of drug-likeness (QED) is 0.317. The molecule has 0 radical (unpaired) electrons. The summed E-state index contributed by atoms with van der Waals surface area (Å²) in [7, 11) is 0. The van der Waals surface area contributed by atoms with Gasteiger partial charge in [0.1, 0.15) is 11.5 Å². The van der Waals surface area contributed by atoms with E-state index in [9.17, 15) is 4.79 Å². The lowest BCUT2D eigenvalue weighted by atomic mass is 10.3. The molecule has 130 valence electrons. The monoisotopic (exact) mass is 399 g/mol. The second-order valence-electron chi connectivity index (χ2n) is 5.38. The second kappa shape index (κ2) is 7.57. The lowest BCUT2D eigenvalue weighted by Crippen LogP contribution is -2.27. The maximum Gasteiger partial charge on any atom is 0.270 e. The molecule has 26 heavy (non-hydrogen) atoms. The Labute approximate surface area is 164 Å². The lowest BCUT2D eigenvalue weighted by molar-refractivity contribution is -0.113. The Kier molecular flexibility index (Phi) is 5.01. The van der Waals surface area contributed by atoms with Gasteiger partial charge >= 0.3 is 0 Å². The molecule has 3 heterocycles. The summed E-state index contributed by atoms with van der Waals surface area (Å²) in [5.41, 5.74) is 0.771. The Hall–Kier alpha value is -2.22. The number of hydrogen-bond donors (Lipinski definition) is 0. The van der Waals surface area contributed by atoms with Crippen molar-refractivity contribution in [3.05, 3.63) is 77.3 Å². The molecule has 1 aliphatic heterocycles. The zero-order valence-electron chi connectivity index (χ0n) is 13.5. The molecule has 3 aromatic rings. The minimum absolute atomic E-state index is 0.132. The summed E-state index contributed by atoms with van der Waals surface area (Å²) in [6.45, 7) is 0. The van der Waals surface area contributed by atoms with Crippen molar-refractivity contribution in [3.8, 4) is 0 Å². The van der Waals surface area contributed by atoms with Gasteiger partial charge in [0, 0.05) is 6.08 Å². The van der Waals surface area contributed by atoms with Gasteiger partial charge in [-0.05, 0) is 36.4 Å². The summed E-state index contributed by atoms with van der Waals surface area (Å²) in [6, 6.07) is 16.9. The highest BCUT2D eigenvalue weighted by Gasteiger charge is 2.33. The van der Waals surface area contributed by atoms with Crippen molar-refractivity contribution >= 4 is 57.7 Å². The van der Waals surface area contributed by atoms with Crippen LogP contribution in [0.1, 0.15) is 11.5 Å². The van der Waals surface area contributed by atoms with Crippen LogP contribution in [0.25, 0.3) is 6.08 Å². The molecule has 0 bridgehead atoms. The highest BCUT2D eigenvalue weighted by Crippen LogP contribution is 2.36. The van der Waals surface area contributed by atoms with Gasteiger partial charge in [-0.25, -0.2) is 0 Å². The van der Waals surface area contributed by atoms with Crippen LogP contribution in [-0.4, -0.2) is 10.2 Å². The van der Waals surface area contributed by atoms with Crippen LogP contribution in [0, 0.1) is 0 Å². The smallest absolute Gasteiger partial charge is 0.270 e. The fourth-order valence-electron chi connectivity index (χ4n) is 2.42. The molecule has 1 aliphatic rings. The Balaban J connectivity index is 1.48. The summed E-state index contributed by atoms with van der Waals surface area (Å²) in [6.07, 6.45) is 3.39. The Morgan fingerprint density at radius 2 is 1.96 bits per heavy atom. The first-order valence-corrected chi connectivity index (χ1v) is 10.00. The largest absolute Gasteiger partial charge is 0.468 e. The van der Waals surface area contributed by atoms with E-state index in [1.54, 1.807) is 17.2 Å². The molecule has 1 amide bonds. The third-order valence-electron chi connectivity index (χ3n) is 3.62. The van der Waals surface area contributed by atoms with Crippen molar-refractivity contribution in [1.29, 1.82) is 0 Å². The molecule has 0 saturated carbocycles. The van der Waals surface area contributed by atoms with Crippen LogP contribution in [-0.2, 0) is 10.5 Å². The van der Waals surface area contributed by atoms with Crippen LogP contribution in [0.5, 0.6) is 0 Å². The molecule has 0 spiro atoms. The summed E-state index contributed by atoms with van der Waals surface area (Å²) in [5, 5.41) is 0.770. The minimum Gasteiger partial charge on any atom is -0.468 e. The molecule has 0 atom stereocenters. The van der Waals surface area contributed by atoms with E-state index in [0.29, 0.717) is 20.7 Å². The highest BCUT2D eigenvalue weighted by atomic mass is 32.2. The number of carbonyl (C=O) groups excluding carboxylic acids is 1. The van der Waals surface area contributed by atoms with Crippen LogP contribution >= 0.6 is 35.7 Å². The van der Waals surface area contributed by atoms with Gasteiger partial charge in [0.25, 0.3) is 5.91 Å². The van der Waals surface area contributed by atoms with Gasteiger partial charge in [-0.3, -0.25) is 9.69 Å². The maximum absolute atomic E-state index is 12.7. The average Bonchev–Trinajstić information content (AvgIpc) is 3.37. The standard InChI is InChI=1S/C19H13NO3S3/c21-18-16(26-19(24)20(18)13-5-2-1-3-6-13)11-14-8-9-17(23-14)25-12-15-7-4-10-22-15/h1-11H,12H2/b16-11-. The number of amides is 1. The van der Waals surface area contributed by atoms with Crippen molar-refractivity contribution in [2.75, 3.05) is 4.90 Å². The second-order valence-corrected chi connectivity index (χ2v) is 8.03. The Bertz CT molecular complexity index is 961. The maximum atomic E-state index is 12.7. The Morgan fingerprint density at radius 3 is 2.73 bits per heavy atom.